The van der Waals surface area contributed by atoms with Gasteiger partial charge in [0.25, 0.3) is 0 Å². The standard InChI is InChI=1S/8C10H22.H3NO2S/c8*1-3-5-7-9-10-8-6-4-2;1-4(2)3/h8*3-10H2,1-2H3;1H2,(H,2,3)/p-1. The molecule has 2 N–H and O–H groups in total. The van der Waals surface area contributed by atoms with Gasteiger partial charge in [0.05, 0.1) is 0 Å². The second-order valence-corrected chi connectivity index (χ2v) is 25.8. The SMILES string of the molecule is CCCCCCCCCC.CCCCCCCCCC.CCCCCCCCCC.CCCCCCCCCC.CCCCCCCCCC.CCCCCCCCCC.CCCCCCCCCC.CCCCCCCCCC.NS(=O)[O-]. The van der Waals surface area contributed by atoms with Gasteiger partial charge in [-0.05, 0) is 0 Å². The van der Waals surface area contributed by atoms with Crippen LogP contribution in [0.2, 0.25) is 0 Å². The van der Waals surface area contributed by atoms with Crippen LogP contribution in [0.1, 0.15) is 522 Å². The molecule has 0 saturated heterocycles. The van der Waals surface area contributed by atoms with Gasteiger partial charge in [-0.3, -0.25) is 9.35 Å². The first-order valence-electron chi connectivity index (χ1n) is 39.9. The summed E-state index contributed by atoms with van der Waals surface area (Å²) in [6.07, 6.45) is 91.7. The van der Waals surface area contributed by atoms with E-state index in [0.29, 0.717) is 0 Å². The van der Waals surface area contributed by atoms with Gasteiger partial charge in [-0.25, -0.2) is 0 Å². The average molecular weight is 1220 g/mol. The maximum Gasteiger partial charge on any atom is 0.0152 e. The Morgan fingerprint density at radius 2 is 0.190 bits per heavy atom. The van der Waals surface area contributed by atoms with Gasteiger partial charge < -0.3 is 4.55 Å². The van der Waals surface area contributed by atoms with Crippen molar-refractivity contribution >= 4 is 11.3 Å². The van der Waals surface area contributed by atoms with Crippen LogP contribution in [0.15, 0.2) is 0 Å². The molecule has 1 unspecified atom stereocenters. The molecule has 0 aliphatic rings. The van der Waals surface area contributed by atoms with E-state index in [9.17, 15) is 0 Å². The highest BCUT2D eigenvalue weighted by Gasteiger charge is 1.93. The lowest BCUT2D eigenvalue weighted by atomic mass is 10.1. The van der Waals surface area contributed by atoms with Crippen molar-refractivity contribution in [1.29, 1.82) is 0 Å². The van der Waals surface area contributed by atoms with Crippen LogP contribution in [0.4, 0.5) is 0 Å². The topological polar surface area (TPSA) is 66.2 Å². The third kappa shape index (κ3) is 172. The van der Waals surface area contributed by atoms with E-state index in [2.05, 4.69) is 116 Å². The largest absolute Gasteiger partial charge is 0.760 e. The van der Waals surface area contributed by atoms with Crippen LogP contribution in [0.3, 0.4) is 0 Å². The summed E-state index contributed by atoms with van der Waals surface area (Å²) in [6.45, 7) is 36.3. The quantitative estimate of drug-likeness (QED) is 0.0487. The molecule has 0 bridgehead atoms. The highest BCUT2D eigenvalue weighted by molar-refractivity contribution is 7.76. The molecule has 0 rings (SSSR count). The summed E-state index contributed by atoms with van der Waals surface area (Å²) in [6, 6.07) is 0. The fourth-order valence-electron chi connectivity index (χ4n) is 9.66. The first kappa shape index (κ1) is 103. The Kier molecular flexibility index (Phi) is 152. The zero-order valence-corrected chi connectivity index (χ0v) is 63.9. The summed E-state index contributed by atoms with van der Waals surface area (Å²) in [5, 5.41) is 4.03. The molecule has 0 saturated carbocycles. The van der Waals surface area contributed by atoms with Crippen molar-refractivity contribution in [3.8, 4) is 0 Å². The molecule has 0 spiro atoms. The van der Waals surface area contributed by atoms with E-state index in [1.807, 2.05) is 0 Å². The maximum atomic E-state index is 8.78. The smallest absolute Gasteiger partial charge is 0.0152 e. The number of nitrogens with two attached hydrogens (primary N) is 1. The highest BCUT2D eigenvalue weighted by atomic mass is 32.2. The normalized spacial score (nSPS) is 10.5. The summed E-state index contributed by atoms with van der Waals surface area (Å²) in [5.41, 5.74) is 0. The molecule has 0 aromatic carbocycles. The van der Waals surface area contributed by atoms with Crippen LogP contribution in [-0.2, 0) is 11.3 Å². The van der Waals surface area contributed by atoms with E-state index in [1.54, 1.807) is 0 Å². The van der Waals surface area contributed by atoms with Crippen molar-refractivity contribution in [3.63, 3.8) is 0 Å². The monoisotopic (exact) mass is 1220 g/mol. The Balaban J connectivity index is -0.000000108. The van der Waals surface area contributed by atoms with E-state index >= 15 is 0 Å². The van der Waals surface area contributed by atoms with Gasteiger partial charge >= 0.3 is 0 Å². The zero-order chi connectivity index (χ0) is 64.8. The van der Waals surface area contributed by atoms with Crippen LogP contribution in [0.25, 0.3) is 0 Å². The predicted molar refractivity (Wildman–Crippen MR) is 399 cm³/mol. The molecular weight excluding hydrogens is 1040 g/mol. The van der Waals surface area contributed by atoms with Gasteiger partial charge in [0, 0.05) is 11.3 Å². The first-order valence-corrected chi connectivity index (χ1v) is 41.0. The van der Waals surface area contributed by atoms with Crippen molar-refractivity contribution in [1.82, 2.24) is 0 Å². The Bertz CT molecular complexity index is 623. The van der Waals surface area contributed by atoms with Gasteiger partial charge in [0.2, 0.25) is 0 Å². The van der Waals surface area contributed by atoms with Crippen molar-refractivity contribution in [2.24, 2.45) is 5.14 Å². The summed E-state index contributed by atoms with van der Waals surface area (Å²) < 4.78 is 17.6. The van der Waals surface area contributed by atoms with E-state index in [1.165, 1.54) is 411 Å². The molecule has 1 atom stereocenters. The van der Waals surface area contributed by atoms with Gasteiger partial charge in [-0.15, -0.1) is 0 Å². The van der Waals surface area contributed by atoms with Crippen LogP contribution < -0.4 is 5.14 Å². The molecule has 0 radical (unpaired) electrons. The lowest BCUT2D eigenvalue weighted by molar-refractivity contribution is 0.538. The number of hydrogen-bond donors (Lipinski definition) is 1. The molecule has 84 heavy (non-hydrogen) atoms. The second-order valence-electron chi connectivity index (χ2n) is 25.2. The maximum absolute atomic E-state index is 8.78. The van der Waals surface area contributed by atoms with Crippen LogP contribution in [-0.4, -0.2) is 8.76 Å². The molecule has 0 aromatic heterocycles. The molecule has 0 fully saturated rings. The third-order valence-electron chi connectivity index (χ3n) is 15.7. The Labute approximate surface area is 543 Å². The lowest BCUT2D eigenvalue weighted by Crippen LogP contribution is -1.97. The van der Waals surface area contributed by atoms with Crippen molar-refractivity contribution in [2.45, 2.75) is 522 Å². The van der Waals surface area contributed by atoms with Crippen LogP contribution in [0, 0.1) is 0 Å². The Hall–Kier alpha value is 0.0700. The molecule has 0 amide bonds. The van der Waals surface area contributed by atoms with Crippen LogP contribution >= 0.6 is 0 Å². The number of hydrogen-bond acceptors (Lipinski definition) is 2. The second kappa shape index (κ2) is 124. The van der Waals surface area contributed by atoms with Gasteiger partial charge in [-0.2, -0.15) is 0 Å². The zero-order valence-electron chi connectivity index (χ0n) is 63.1. The number of rotatable bonds is 56. The predicted octanol–water partition coefficient (Wildman–Crippen LogP) is 31.9. The molecular formula is C80H178NO2S-. The van der Waals surface area contributed by atoms with Crippen molar-refractivity contribution < 1.29 is 8.76 Å². The molecule has 522 valence electrons. The fraction of sp³-hybridized carbons (Fsp3) is 1.00. The Morgan fingerprint density at radius 1 is 0.155 bits per heavy atom. The summed E-state index contributed by atoms with van der Waals surface area (Å²) >= 11 is -2.36. The van der Waals surface area contributed by atoms with E-state index in [4.69, 9.17) is 8.76 Å². The minimum atomic E-state index is -2.36. The van der Waals surface area contributed by atoms with E-state index < -0.39 is 11.3 Å². The average Bonchev–Trinajstić information content (AvgIpc) is 3.49. The number of unbranched alkanes of at least 4 members (excludes halogenated alkanes) is 56. The lowest BCUT2D eigenvalue weighted by Gasteiger charge is -1.97. The van der Waals surface area contributed by atoms with E-state index in [0.717, 1.165) is 0 Å². The van der Waals surface area contributed by atoms with Crippen LogP contribution in [0.5, 0.6) is 0 Å². The molecule has 4 heteroatoms. The highest BCUT2D eigenvalue weighted by Crippen LogP contribution is 2.13. The molecule has 0 aliphatic heterocycles. The first-order chi connectivity index (χ1) is 41.0. The van der Waals surface area contributed by atoms with Crippen molar-refractivity contribution in [3.05, 3.63) is 0 Å². The third-order valence-corrected chi connectivity index (χ3v) is 15.7. The Morgan fingerprint density at radius 3 is 0.226 bits per heavy atom. The fourth-order valence-corrected chi connectivity index (χ4v) is 9.66. The van der Waals surface area contributed by atoms with Gasteiger partial charge in [0.15, 0.2) is 0 Å². The molecule has 0 aromatic rings. The molecule has 3 nitrogen and oxygen atoms in total. The van der Waals surface area contributed by atoms with Gasteiger partial charge in [0.1, 0.15) is 0 Å². The summed E-state index contributed by atoms with van der Waals surface area (Å²) in [4.78, 5) is 0. The van der Waals surface area contributed by atoms with E-state index in [-0.39, 0.29) is 0 Å². The molecule has 0 heterocycles. The summed E-state index contributed by atoms with van der Waals surface area (Å²) in [5.74, 6) is 0. The molecule has 0 aliphatic carbocycles. The van der Waals surface area contributed by atoms with Crippen molar-refractivity contribution in [2.75, 3.05) is 0 Å². The minimum Gasteiger partial charge on any atom is -0.760 e. The van der Waals surface area contributed by atoms with Gasteiger partial charge in [-0.1, -0.05) is 522 Å². The summed E-state index contributed by atoms with van der Waals surface area (Å²) in [7, 11) is 0. The minimum absolute atomic E-state index is 1.37.